The normalized spacial score (nSPS) is 15.0. The van der Waals surface area contributed by atoms with Crippen LogP contribution in [0, 0.1) is 0 Å². The largest absolute Gasteiger partial charge is 0.107 e. The Kier molecular flexibility index (Phi) is 13.0. The van der Waals surface area contributed by atoms with Crippen LogP contribution in [0.25, 0.3) is 0 Å². The summed E-state index contributed by atoms with van der Waals surface area (Å²) >= 11 is 0. The fraction of sp³-hybridized carbons (Fsp3) is 1.00. The molecule has 0 aliphatic rings. The van der Waals surface area contributed by atoms with E-state index in [9.17, 15) is 0 Å². The van der Waals surface area contributed by atoms with Crippen LogP contribution in [-0.2, 0) is 0 Å². The quantitative estimate of drug-likeness (QED) is 0.426. The summed E-state index contributed by atoms with van der Waals surface area (Å²) in [4.78, 5) is 0. The summed E-state index contributed by atoms with van der Waals surface area (Å²) in [5.74, 6) is 0. The molecule has 0 N–H and O–H groups in total. The predicted molar refractivity (Wildman–Crippen MR) is 84.2 cm³/mol. The Balaban J connectivity index is 3.69. The van der Waals surface area contributed by atoms with Crippen molar-refractivity contribution in [3.8, 4) is 0 Å². The van der Waals surface area contributed by atoms with Crippen LogP contribution < -0.4 is 0 Å². The molecule has 0 saturated carbocycles. The van der Waals surface area contributed by atoms with E-state index in [1.807, 2.05) is 0 Å². The first-order chi connectivity index (χ1) is 7.78. The minimum absolute atomic E-state index is 0.399. The molecule has 0 amide bonds. The zero-order valence-corrected chi connectivity index (χ0v) is 13.8. The molecule has 0 saturated heterocycles. The van der Waals surface area contributed by atoms with Crippen LogP contribution >= 0.6 is 15.8 Å². The van der Waals surface area contributed by atoms with Gasteiger partial charge < -0.3 is 0 Å². The van der Waals surface area contributed by atoms with Gasteiger partial charge in [-0.05, 0) is 49.8 Å². The molecule has 16 heavy (non-hydrogen) atoms. The third-order valence-corrected chi connectivity index (χ3v) is 9.03. The van der Waals surface area contributed by atoms with Gasteiger partial charge in [-0.2, -0.15) is 0 Å². The summed E-state index contributed by atoms with van der Waals surface area (Å²) in [6.07, 6.45) is 14.9. The van der Waals surface area contributed by atoms with E-state index in [1.54, 1.807) is 24.6 Å². The van der Waals surface area contributed by atoms with Gasteiger partial charge in [0.15, 0.2) is 0 Å². The molecule has 0 aliphatic carbocycles. The minimum Gasteiger partial charge on any atom is -0.107 e. The van der Waals surface area contributed by atoms with Gasteiger partial charge in [-0.3, -0.25) is 0 Å². The Labute approximate surface area is 106 Å². The minimum atomic E-state index is 0.399. The summed E-state index contributed by atoms with van der Waals surface area (Å²) in [5, 5.41) is 0. The van der Waals surface area contributed by atoms with Crippen molar-refractivity contribution in [2.75, 3.05) is 37.0 Å². The van der Waals surface area contributed by atoms with Gasteiger partial charge in [-0.15, -0.1) is 15.8 Å². The van der Waals surface area contributed by atoms with Gasteiger partial charge in [0.2, 0.25) is 0 Å². The second-order valence-corrected chi connectivity index (χ2v) is 10.3. The maximum atomic E-state index is 2.40. The van der Waals surface area contributed by atoms with Gasteiger partial charge in [0.25, 0.3) is 0 Å². The highest BCUT2D eigenvalue weighted by Gasteiger charge is 2.09. The molecule has 0 aromatic carbocycles. The van der Waals surface area contributed by atoms with Crippen molar-refractivity contribution in [3.63, 3.8) is 0 Å². The maximum Gasteiger partial charge on any atom is -0.0286 e. The zero-order chi connectivity index (χ0) is 12.2. The first kappa shape index (κ1) is 16.9. The molecule has 0 aromatic rings. The van der Waals surface area contributed by atoms with Crippen LogP contribution in [0.5, 0.6) is 0 Å². The fourth-order valence-corrected chi connectivity index (χ4v) is 7.40. The molecule has 0 aliphatic heterocycles. The number of hydrogen-bond acceptors (Lipinski definition) is 0. The van der Waals surface area contributed by atoms with E-state index in [0.29, 0.717) is 15.8 Å². The Morgan fingerprint density at radius 3 is 1.19 bits per heavy atom. The van der Waals surface area contributed by atoms with Gasteiger partial charge in [0, 0.05) is 0 Å². The van der Waals surface area contributed by atoms with E-state index in [0.717, 1.165) is 0 Å². The van der Waals surface area contributed by atoms with Crippen molar-refractivity contribution in [2.24, 2.45) is 0 Å². The standard InChI is InChI=1S/C14H32P2/c1-5-9-11-15(7-3)13-14-16(8-4)12-10-6-2/h5-14H2,1-4H3. The van der Waals surface area contributed by atoms with Crippen LogP contribution in [0.2, 0.25) is 0 Å². The van der Waals surface area contributed by atoms with Gasteiger partial charge in [-0.1, -0.05) is 40.5 Å². The first-order valence-electron chi connectivity index (χ1n) is 7.23. The van der Waals surface area contributed by atoms with Crippen molar-refractivity contribution in [1.82, 2.24) is 0 Å². The molecule has 0 nitrogen and oxygen atoms in total. The average Bonchev–Trinajstić information content (AvgIpc) is 2.33. The lowest BCUT2D eigenvalue weighted by molar-refractivity contribution is 0.886. The molecule has 2 heteroatoms. The van der Waals surface area contributed by atoms with Crippen LogP contribution in [0.1, 0.15) is 53.4 Å². The van der Waals surface area contributed by atoms with Gasteiger partial charge in [-0.25, -0.2) is 0 Å². The molecular weight excluding hydrogens is 230 g/mol. The van der Waals surface area contributed by atoms with Crippen LogP contribution in [0.15, 0.2) is 0 Å². The van der Waals surface area contributed by atoms with E-state index in [2.05, 4.69) is 27.7 Å². The zero-order valence-electron chi connectivity index (χ0n) is 12.0. The van der Waals surface area contributed by atoms with Gasteiger partial charge in [0.05, 0.1) is 0 Å². The Bertz CT molecular complexity index is 121. The summed E-state index contributed by atoms with van der Waals surface area (Å²) in [6.45, 7) is 9.45. The topological polar surface area (TPSA) is 0 Å². The fourth-order valence-electron chi connectivity index (χ4n) is 1.90. The monoisotopic (exact) mass is 262 g/mol. The Hall–Kier alpha value is 0.860. The smallest absolute Gasteiger partial charge is 0.0286 e. The highest BCUT2D eigenvalue weighted by atomic mass is 31.1. The third kappa shape index (κ3) is 8.95. The first-order valence-corrected chi connectivity index (χ1v) is 11.0. The summed E-state index contributed by atoms with van der Waals surface area (Å²) in [5.41, 5.74) is 0. The molecule has 0 heterocycles. The van der Waals surface area contributed by atoms with Crippen LogP contribution in [-0.4, -0.2) is 37.0 Å². The third-order valence-electron chi connectivity index (χ3n) is 3.28. The summed E-state index contributed by atoms with van der Waals surface area (Å²) < 4.78 is 0. The van der Waals surface area contributed by atoms with Crippen molar-refractivity contribution < 1.29 is 0 Å². The molecule has 2 atom stereocenters. The molecule has 2 unspecified atom stereocenters. The molecule has 0 spiro atoms. The van der Waals surface area contributed by atoms with Gasteiger partial charge in [0.1, 0.15) is 0 Å². The Morgan fingerprint density at radius 2 is 0.938 bits per heavy atom. The number of unbranched alkanes of at least 4 members (excludes halogenated alkanes) is 2. The molecule has 0 fully saturated rings. The van der Waals surface area contributed by atoms with E-state index < -0.39 is 0 Å². The summed E-state index contributed by atoms with van der Waals surface area (Å²) in [6, 6.07) is 0. The van der Waals surface area contributed by atoms with E-state index >= 15 is 0 Å². The lowest BCUT2D eigenvalue weighted by Crippen LogP contribution is -2.00. The second-order valence-electron chi connectivity index (χ2n) is 4.58. The van der Waals surface area contributed by atoms with Crippen LogP contribution in [0.4, 0.5) is 0 Å². The lowest BCUT2D eigenvalue weighted by Gasteiger charge is -2.20. The van der Waals surface area contributed by atoms with Crippen LogP contribution in [0.3, 0.4) is 0 Å². The maximum absolute atomic E-state index is 2.40. The molecule has 0 radical (unpaired) electrons. The highest BCUT2D eigenvalue weighted by Crippen LogP contribution is 2.43. The average molecular weight is 262 g/mol. The molecule has 0 aromatic heterocycles. The molecular formula is C14H32P2. The van der Waals surface area contributed by atoms with Crippen molar-refractivity contribution >= 4 is 15.8 Å². The van der Waals surface area contributed by atoms with Crippen molar-refractivity contribution in [1.29, 1.82) is 0 Å². The van der Waals surface area contributed by atoms with Gasteiger partial charge >= 0.3 is 0 Å². The molecule has 0 bridgehead atoms. The SMILES string of the molecule is CCCCP(CC)CCP(CC)CCCC. The summed E-state index contributed by atoms with van der Waals surface area (Å²) in [7, 11) is 0.797. The van der Waals surface area contributed by atoms with Crippen molar-refractivity contribution in [2.45, 2.75) is 53.4 Å². The molecule has 0 rings (SSSR count). The number of rotatable bonds is 11. The molecule has 98 valence electrons. The lowest BCUT2D eigenvalue weighted by atomic mass is 10.4. The van der Waals surface area contributed by atoms with E-state index in [4.69, 9.17) is 0 Å². The van der Waals surface area contributed by atoms with Crippen molar-refractivity contribution in [3.05, 3.63) is 0 Å². The highest BCUT2D eigenvalue weighted by molar-refractivity contribution is 7.61. The predicted octanol–water partition coefficient (Wildman–Crippen LogP) is 5.59. The van der Waals surface area contributed by atoms with E-state index in [1.165, 1.54) is 38.0 Å². The van der Waals surface area contributed by atoms with E-state index in [-0.39, 0.29) is 0 Å². The second kappa shape index (κ2) is 12.3. The number of hydrogen-bond donors (Lipinski definition) is 0. The Morgan fingerprint density at radius 1 is 0.562 bits per heavy atom.